The van der Waals surface area contributed by atoms with Crippen molar-refractivity contribution in [1.29, 1.82) is 0 Å². The first kappa shape index (κ1) is 14.7. The van der Waals surface area contributed by atoms with Crippen molar-refractivity contribution in [2.45, 2.75) is 25.8 Å². The Balaban J connectivity index is 1.90. The zero-order valence-electron chi connectivity index (χ0n) is 12.0. The van der Waals surface area contributed by atoms with Crippen LogP contribution in [0.25, 0.3) is 0 Å². The van der Waals surface area contributed by atoms with Crippen LogP contribution in [0.15, 0.2) is 30.3 Å². The molecule has 0 saturated heterocycles. The molecule has 110 valence electrons. The van der Waals surface area contributed by atoms with Crippen LogP contribution in [0.4, 0.5) is 5.69 Å². The lowest BCUT2D eigenvalue weighted by Gasteiger charge is -2.27. The van der Waals surface area contributed by atoms with Crippen molar-refractivity contribution in [2.24, 2.45) is 0 Å². The van der Waals surface area contributed by atoms with E-state index in [0.29, 0.717) is 11.8 Å². The van der Waals surface area contributed by atoms with E-state index >= 15 is 0 Å². The first-order valence-electron chi connectivity index (χ1n) is 7.14. The van der Waals surface area contributed by atoms with E-state index in [4.69, 9.17) is 5.73 Å². The number of anilines is 1. The van der Waals surface area contributed by atoms with Gasteiger partial charge in [-0.25, -0.2) is 0 Å². The Kier molecular flexibility index (Phi) is 4.08. The highest BCUT2D eigenvalue weighted by atomic mass is 127. The van der Waals surface area contributed by atoms with Crippen molar-refractivity contribution in [1.82, 2.24) is 5.32 Å². The van der Waals surface area contributed by atoms with E-state index < -0.39 is 0 Å². The number of fused-ring (bicyclic) bond motifs is 1. The van der Waals surface area contributed by atoms with Gasteiger partial charge >= 0.3 is 0 Å². The molecule has 21 heavy (non-hydrogen) atoms. The minimum Gasteiger partial charge on any atom is -0.508 e. The van der Waals surface area contributed by atoms with E-state index in [0.717, 1.165) is 34.2 Å². The van der Waals surface area contributed by atoms with Crippen LogP contribution < -0.4 is 11.1 Å². The van der Waals surface area contributed by atoms with Gasteiger partial charge in [0.15, 0.2) is 0 Å². The maximum atomic E-state index is 9.63. The number of phenols is 1. The van der Waals surface area contributed by atoms with Gasteiger partial charge in [-0.05, 0) is 89.4 Å². The number of hydrogen-bond donors (Lipinski definition) is 3. The fraction of sp³-hybridized carbons (Fsp3) is 0.294. The van der Waals surface area contributed by atoms with Gasteiger partial charge in [-0.2, -0.15) is 0 Å². The second kappa shape index (κ2) is 5.85. The molecule has 1 aliphatic rings. The summed E-state index contributed by atoms with van der Waals surface area (Å²) in [5, 5.41) is 13.2. The van der Waals surface area contributed by atoms with Gasteiger partial charge in [0, 0.05) is 15.3 Å². The topological polar surface area (TPSA) is 58.3 Å². The fourth-order valence-electron chi connectivity index (χ4n) is 3.00. The van der Waals surface area contributed by atoms with Crippen molar-refractivity contribution >= 4 is 28.3 Å². The first-order valence-corrected chi connectivity index (χ1v) is 8.22. The molecule has 1 aliphatic heterocycles. The number of nitrogens with two attached hydrogens (primary N) is 1. The largest absolute Gasteiger partial charge is 0.508 e. The van der Waals surface area contributed by atoms with E-state index in [1.165, 1.54) is 16.7 Å². The van der Waals surface area contributed by atoms with Crippen LogP contribution in [0.5, 0.6) is 5.75 Å². The lowest BCUT2D eigenvalue weighted by atomic mass is 9.90. The number of hydrogen-bond acceptors (Lipinski definition) is 3. The summed E-state index contributed by atoms with van der Waals surface area (Å²) in [4.78, 5) is 0. The molecule has 0 bridgehead atoms. The Morgan fingerprint density at radius 3 is 2.90 bits per heavy atom. The van der Waals surface area contributed by atoms with E-state index in [1.807, 2.05) is 12.1 Å². The van der Waals surface area contributed by atoms with Crippen LogP contribution in [0.2, 0.25) is 0 Å². The Morgan fingerprint density at radius 2 is 2.14 bits per heavy atom. The Morgan fingerprint density at radius 1 is 1.33 bits per heavy atom. The molecular weight excluding hydrogens is 375 g/mol. The molecule has 2 aromatic rings. The number of nitrogen functional groups attached to an aromatic ring is 1. The predicted molar refractivity (Wildman–Crippen MR) is 94.6 cm³/mol. The smallest absolute Gasteiger partial charge is 0.115 e. The van der Waals surface area contributed by atoms with Crippen LogP contribution in [-0.2, 0) is 12.8 Å². The molecule has 3 nitrogen and oxygen atoms in total. The summed E-state index contributed by atoms with van der Waals surface area (Å²) >= 11 is 2.30. The van der Waals surface area contributed by atoms with Crippen molar-refractivity contribution in [3.05, 3.63) is 56.2 Å². The third kappa shape index (κ3) is 3.01. The molecule has 0 fully saturated rings. The minimum absolute atomic E-state index is 0.299. The zero-order chi connectivity index (χ0) is 15.0. The number of aromatic hydroxyl groups is 1. The lowest BCUT2D eigenvalue weighted by molar-refractivity contribution is 0.466. The van der Waals surface area contributed by atoms with Gasteiger partial charge in [0.1, 0.15) is 5.75 Å². The van der Waals surface area contributed by atoms with Crippen molar-refractivity contribution in [3.8, 4) is 5.75 Å². The molecule has 4 N–H and O–H groups in total. The van der Waals surface area contributed by atoms with Crippen LogP contribution >= 0.6 is 22.6 Å². The van der Waals surface area contributed by atoms with E-state index in [9.17, 15) is 5.11 Å². The summed E-state index contributed by atoms with van der Waals surface area (Å²) in [7, 11) is 0. The molecule has 0 spiro atoms. The monoisotopic (exact) mass is 394 g/mol. The number of benzene rings is 2. The third-order valence-corrected chi connectivity index (χ3v) is 5.02. The van der Waals surface area contributed by atoms with Gasteiger partial charge < -0.3 is 16.2 Å². The summed E-state index contributed by atoms with van der Waals surface area (Å²) in [5.41, 5.74) is 11.9. The third-order valence-electron chi connectivity index (χ3n) is 4.12. The molecule has 1 atom stereocenters. The zero-order valence-corrected chi connectivity index (χ0v) is 14.1. The summed E-state index contributed by atoms with van der Waals surface area (Å²) in [6.07, 6.45) is 1.91. The standard InChI is InChI=1S/C17H19IN2O/c1-10-6-11(7-15(18)17(10)19)8-16-14-3-2-13(21)9-12(14)4-5-20-16/h2-3,6-7,9,16,20-21H,4-5,8,19H2,1H3. The first-order chi connectivity index (χ1) is 10.0. The molecular formula is C17H19IN2O. The van der Waals surface area contributed by atoms with Crippen molar-refractivity contribution in [2.75, 3.05) is 12.3 Å². The fourth-order valence-corrected chi connectivity index (χ4v) is 3.83. The van der Waals surface area contributed by atoms with Gasteiger partial charge in [-0.3, -0.25) is 0 Å². The Bertz CT molecular complexity index is 661. The normalized spacial score (nSPS) is 17.5. The van der Waals surface area contributed by atoms with Gasteiger partial charge in [-0.1, -0.05) is 12.1 Å². The van der Waals surface area contributed by atoms with Crippen LogP contribution in [0.1, 0.15) is 28.3 Å². The highest BCUT2D eigenvalue weighted by Crippen LogP contribution is 2.30. The van der Waals surface area contributed by atoms with Gasteiger partial charge in [0.2, 0.25) is 0 Å². The molecule has 0 radical (unpaired) electrons. The molecule has 1 unspecified atom stereocenters. The maximum absolute atomic E-state index is 9.63. The van der Waals surface area contributed by atoms with Crippen molar-refractivity contribution < 1.29 is 5.11 Å². The summed E-state index contributed by atoms with van der Waals surface area (Å²) in [6, 6.07) is 10.3. The average Bonchev–Trinajstić information content (AvgIpc) is 2.44. The number of aryl methyl sites for hydroxylation is 1. The maximum Gasteiger partial charge on any atom is 0.115 e. The van der Waals surface area contributed by atoms with Gasteiger partial charge in [0.05, 0.1) is 0 Å². The SMILES string of the molecule is Cc1cc(CC2NCCc3cc(O)ccc32)cc(I)c1N. The van der Waals surface area contributed by atoms with E-state index in [2.05, 4.69) is 47.0 Å². The van der Waals surface area contributed by atoms with Crippen LogP contribution in [-0.4, -0.2) is 11.7 Å². The summed E-state index contributed by atoms with van der Waals surface area (Å²) in [6.45, 7) is 3.01. The summed E-state index contributed by atoms with van der Waals surface area (Å²) in [5.74, 6) is 0.354. The molecule has 3 rings (SSSR count). The second-order valence-electron chi connectivity index (χ2n) is 5.65. The highest BCUT2D eigenvalue weighted by molar-refractivity contribution is 14.1. The number of nitrogens with one attached hydrogen (secondary N) is 1. The quantitative estimate of drug-likeness (QED) is 0.541. The molecule has 0 aliphatic carbocycles. The van der Waals surface area contributed by atoms with E-state index in [-0.39, 0.29) is 0 Å². The summed E-state index contributed by atoms with van der Waals surface area (Å²) < 4.78 is 1.12. The molecule has 2 aromatic carbocycles. The minimum atomic E-state index is 0.299. The van der Waals surface area contributed by atoms with Gasteiger partial charge in [-0.15, -0.1) is 0 Å². The molecule has 0 saturated carbocycles. The number of rotatable bonds is 2. The number of halogens is 1. The number of phenolic OH excluding ortho intramolecular Hbond substituents is 1. The Hall–Kier alpha value is -1.27. The molecule has 0 amide bonds. The molecule has 4 heteroatoms. The predicted octanol–water partition coefficient (Wildman–Crippen LogP) is 3.32. The molecule has 0 aromatic heterocycles. The Labute approximate surface area is 138 Å². The molecule has 1 heterocycles. The lowest BCUT2D eigenvalue weighted by Crippen LogP contribution is -2.31. The van der Waals surface area contributed by atoms with Crippen LogP contribution in [0.3, 0.4) is 0 Å². The van der Waals surface area contributed by atoms with Crippen LogP contribution in [0, 0.1) is 10.5 Å². The highest BCUT2D eigenvalue weighted by Gasteiger charge is 2.20. The average molecular weight is 394 g/mol. The second-order valence-corrected chi connectivity index (χ2v) is 6.81. The van der Waals surface area contributed by atoms with E-state index in [1.54, 1.807) is 6.07 Å². The van der Waals surface area contributed by atoms with Gasteiger partial charge in [0.25, 0.3) is 0 Å². The van der Waals surface area contributed by atoms with Crippen molar-refractivity contribution in [3.63, 3.8) is 0 Å².